The van der Waals surface area contributed by atoms with Crippen molar-refractivity contribution in [2.45, 2.75) is 46.1 Å². The molecule has 0 unspecified atom stereocenters. The van der Waals surface area contributed by atoms with E-state index in [0.29, 0.717) is 18.7 Å². The Morgan fingerprint density at radius 3 is 2.50 bits per heavy atom. The molecule has 156 valence electrons. The van der Waals surface area contributed by atoms with Crippen LogP contribution in [0.4, 0.5) is 0 Å². The van der Waals surface area contributed by atoms with Crippen molar-refractivity contribution in [3.05, 3.63) is 57.9 Å². The van der Waals surface area contributed by atoms with Crippen LogP contribution < -0.4 is 5.32 Å². The topological polar surface area (TPSA) is 75.2 Å². The third kappa shape index (κ3) is 3.94. The Morgan fingerprint density at radius 2 is 1.83 bits per heavy atom. The number of rotatable bonds is 4. The second-order valence-corrected chi connectivity index (χ2v) is 8.72. The van der Waals surface area contributed by atoms with Crippen molar-refractivity contribution in [1.82, 2.24) is 20.2 Å². The number of carbonyl (C=O) groups is 2. The third-order valence-corrected chi connectivity index (χ3v) is 6.85. The quantitative estimate of drug-likeness (QED) is 0.692. The smallest absolute Gasteiger partial charge is 0.264 e. The molecule has 1 aromatic carbocycles. The Labute approximate surface area is 180 Å². The lowest BCUT2D eigenvalue weighted by Gasteiger charge is -2.32. The molecular weight excluding hydrogens is 396 g/mol. The minimum absolute atomic E-state index is 0.0542. The number of carbonyl (C=O) groups excluding carboxylic acids is 2. The van der Waals surface area contributed by atoms with E-state index in [1.165, 1.54) is 11.3 Å². The molecule has 1 aliphatic heterocycles. The fourth-order valence-electron chi connectivity index (χ4n) is 3.99. The molecule has 7 heteroatoms. The number of thiophene rings is 1. The number of aryl methyl sites for hydroxylation is 3. The first-order valence-corrected chi connectivity index (χ1v) is 11.2. The van der Waals surface area contributed by atoms with Crippen LogP contribution in [0, 0.1) is 13.8 Å². The van der Waals surface area contributed by atoms with E-state index in [0.717, 1.165) is 51.4 Å². The summed E-state index contributed by atoms with van der Waals surface area (Å²) in [4.78, 5) is 38.3. The van der Waals surface area contributed by atoms with Gasteiger partial charge in [-0.25, -0.2) is 9.97 Å². The summed E-state index contributed by atoms with van der Waals surface area (Å²) in [5, 5.41) is 4.10. The molecule has 0 spiro atoms. The van der Waals surface area contributed by atoms with E-state index in [4.69, 9.17) is 0 Å². The minimum Gasteiger partial charge on any atom is -0.349 e. The van der Waals surface area contributed by atoms with Gasteiger partial charge < -0.3 is 10.2 Å². The molecule has 1 aliphatic rings. The highest BCUT2D eigenvalue weighted by molar-refractivity contribution is 7.20. The van der Waals surface area contributed by atoms with E-state index in [-0.39, 0.29) is 17.9 Å². The largest absolute Gasteiger partial charge is 0.349 e. The van der Waals surface area contributed by atoms with Crippen LogP contribution in [0.1, 0.15) is 56.9 Å². The second-order valence-electron chi connectivity index (χ2n) is 7.72. The monoisotopic (exact) mass is 422 g/mol. The van der Waals surface area contributed by atoms with Crippen molar-refractivity contribution < 1.29 is 9.59 Å². The average molecular weight is 423 g/mol. The summed E-state index contributed by atoms with van der Waals surface area (Å²) >= 11 is 1.47. The minimum atomic E-state index is -0.0542. The van der Waals surface area contributed by atoms with Gasteiger partial charge in [0, 0.05) is 42.2 Å². The van der Waals surface area contributed by atoms with Gasteiger partial charge in [-0.15, -0.1) is 11.3 Å². The van der Waals surface area contributed by atoms with E-state index < -0.39 is 0 Å². The zero-order valence-electron chi connectivity index (χ0n) is 17.6. The van der Waals surface area contributed by atoms with Crippen molar-refractivity contribution in [3.8, 4) is 0 Å². The van der Waals surface area contributed by atoms with Crippen LogP contribution in [-0.4, -0.2) is 45.8 Å². The molecule has 30 heavy (non-hydrogen) atoms. The normalized spacial score (nSPS) is 14.8. The van der Waals surface area contributed by atoms with Gasteiger partial charge in [-0.3, -0.25) is 9.59 Å². The van der Waals surface area contributed by atoms with Crippen LogP contribution in [0.15, 0.2) is 30.3 Å². The molecular formula is C23H26N4O2S. The number of piperidine rings is 1. The van der Waals surface area contributed by atoms with E-state index in [1.807, 2.05) is 56.0 Å². The van der Waals surface area contributed by atoms with Gasteiger partial charge in [-0.2, -0.15) is 0 Å². The van der Waals surface area contributed by atoms with Crippen LogP contribution in [0.5, 0.6) is 0 Å². The molecule has 0 atom stereocenters. The molecule has 0 bridgehead atoms. The molecule has 2 amide bonds. The highest BCUT2D eigenvalue weighted by Crippen LogP contribution is 2.32. The molecule has 0 saturated carbocycles. The summed E-state index contributed by atoms with van der Waals surface area (Å²) in [6.45, 7) is 7.28. The number of amides is 2. The Balaban J connectivity index is 1.44. The maximum Gasteiger partial charge on any atom is 0.264 e. The van der Waals surface area contributed by atoms with Crippen LogP contribution in [0.3, 0.4) is 0 Å². The van der Waals surface area contributed by atoms with Crippen molar-refractivity contribution in [1.29, 1.82) is 0 Å². The van der Waals surface area contributed by atoms with Gasteiger partial charge in [-0.05, 0) is 44.4 Å². The highest BCUT2D eigenvalue weighted by Gasteiger charge is 2.28. The zero-order valence-corrected chi connectivity index (χ0v) is 18.4. The summed E-state index contributed by atoms with van der Waals surface area (Å²) in [5.74, 6) is 0.817. The third-order valence-electron chi connectivity index (χ3n) is 5.68. The number of fused-ring (bicyclic) bond motifs is 1. The van der Waals surface area contributed by atoms with E-state index in [9.17, 15) is 9.59 Å². The predicted molar refractivity (Wildman–Crippen MR) is 119 cm³/mol. The number of likely N-dealkylation sites (tertiary alicyclic amines) is 1. The SMILES string of the molecule is CCc1nc(C)c2c(C)c(C(=O)N3CCC(NC(=O)c4ccccc4)CC3)sc2n1. The lowest BCUT2D eigenvalue weighted by atomic mass is 10.0. The Kier molecular flexibility index (Phi) is 5.81. The molecule has 1 fully saturated rings. The number of hydrogen-bond donors (Lipinski definition) is 1. The molecule has 1 N–H and O–H groups in total. The van der Waals surface area contributed by atoms with Crippen molar-refractivity contribution in [2.75, 3.05) is 13.1 Å². The summed E-state index contributed by atoms with van der Waals surface area (Å²) in [5.41, 5.74) is 2.58. The van der Waals surface area contributed by atoms with Gasteiger partial charge in [0.25, 0.3) is 11.8 Å². The first-order chi connectivity index (χ1) is 14.5. The lowest BCUT2D eigenvalue weighted by molar-refractivity contribution is 0.0702. The lowest BCUT2D eigenvalue weighted by Crippen LogP contribution is -2.46. The molecule has 0 radical (unpaired) electrons. The zero-order chi connectivity index (χ0) is 21.3. The van der Waals surface area contributed by atoms with E-state index in [1.54, 1.807) is 0 Å². The Morgan fingerprint density at radius 1 is 1.13 bits per heavy atom. The van der Waals surface area contributed by atoms with Crippen molar-refractivity contribution in [3.63, 3.8) is 0 Å². The molecule has 2 aromatic heterocycles. The summed E-state index contributed by atoms with van der Waals surface area (Å²) in [6, 6.07) is 9.33. The Hall–Kier alpha value is -2.80. The molecule has 0 aliphatic carbocycles. The van der Waals surface area contributed by atoms with E-state index >= 15 is 0 Å². The first-order valence-electron chi connectivity index (χ1n) is 10.4. The van der Waals surface area contributed by atoms with Crippen LogP contribution in [0.2, 0.25) is 0 Å². The van der Waals surface area contributed by atoms with Crippen LogP contribution >= 0.6 is 11.3 Å². The average Bonchev–Trinajstić information content (AvgIpc) is 3.11. The van der Waals surface area contributed by atoms with Gasteiger partial charge in [0.1, 0.15) is 10.7 Å². The number of benzene rings is 1. The molecule has 3 heterocycles. The number of nitrogens with one attached hydrogen (secondary N) is 1. The van der Waals surface area contributed by atoms with Crippen molar-refractivity contribution in [2.24, 2.45) is 0 Å². The predicted octanol–water partition coefficient (Wildman–Crippen LogP) is 3.91. The van der Waals surface area contributed by atoms with Crippen molar-refractivity contribution >= 4 is 33.4 Å². The maximum atomic E-state index is 13.2. The van der Waals surface area contributed by atoms with Crippen LogP contribution in [0.25, 0.3) is 10.2 Å². The number of hydrogen-bond acceptors (Lipinski definition) is 5. The van der Waals surface area contributed by atoms with Gasteiger partial charge in [0.2, 0.25) is 0 Å². The van der Waals surface area contributed by atoms with Gasteiger partial charge in [0.15, 0.2) is 0 Å². The Bertz CT molecular complexity index is 1090. The first kappa shape index (κ1) is 20.5. The van der Waals surface area contributed by atoms with Gasteiger partial charge in [-0.1, -0.05) is 25.1 Å². The molecule has 4 rings (SSSR count). The maximum absolute atomic E-state index is 13.2. The summed E-state index contributed by atoms with van der Waals surface area (Å²) in [6.07, 6.45) is 2.29. The molecule has 3 aromatic rings. The standard InChI is InChI=1S/C23H26N4O2S/c1-4-18-24-15(3)19-14(2)20(30-22(19)26-18)23(29)27-12-10-17(11-13-27)25-21(28)16-8-6-5-7-9-16/h5-9,17H,4,10-13H2,1-3H3,(H,25,28). The highest BCUT2D eigenvalue weighted by atomic mass is 32.1. The van der Waals surface area contributed by atoms with E-state index in [2.05, 4.69) is 15.3 Å². The second kappa shape index (κ2) is 8.52. The van der Waals surface area contributed by atoms with Gasteiger partial charge >= 0.3 is 0 Å². The molecule has 1 saturated heterocycles. The molecule has 6 nitrogen and oxygen atoms in total. The fourth-order valence-corrected chi connectivity index (χ4v) is 5.20. The fraction of sp³-hybridized carbons (Fsp3) is 0.391. The van der Waals surface area contributed by atoms with Crippen LogP contribution in [-0.2, 0) is 6.42 Å². The van der Waals surface area contributed by atoms with Gasteiger partial charge in [0.05, 0.1) is 4.88 Å². The number of nitrogens with zero attached hydrogens (tertiary/aromatic N) is 3. The summed E-state index contributed by atoms with van der Waals surface area (Å²) < 4.78 is 0. The summed E-state index contributed by atoms with van der Waals surface area (Å²) in [7, 11) is 0. The number of aromatic nitrogens is 2.